The minimum Gasteiger partial charge on any atom is -0.496 e. The smallest absolute Gasteiger partial charge is 0.190 e. The van der Waals surface area contributed by atoms with Gasteiger partial charge in [-0.2, -0.15) is 0 Å². The van der Waals surface area contributed by atoms with Gasteiger partial charge in [0.25, 0.3) is 0 Å². The van der Waals surface area contributed by atoms with Gasteiger partial charge in [-0.15, -0.1) is 24.0 Å². The number of benzene rings is 1. The number of nitrogens with zero attached hydrogens (tertiary/aromatic N) is 3. The topological polar surface area (TPSA) is 63.5 Å². The standard InChI is InChI=1S/C20H31N5O.HI/c1-16-7-8-19(26-4)18(15-16)9-11-24-20(21-3)23-10-5-6-13-25-14-12-22-17(25)2;/h7-8,12,14-15H,5-6,9-11,13H2,1-4H3,(H2,21,23,24);1H. The van der Waals surface area contributed by atoms with Crippen LogP contribution in [0.3, 0.4) is 0 Å². The van der Waals surface area contributed by atoms with Gasteiger partial charge in [0.15, 0.2) is 5.96 Å². The molecule has 1 aromatic heterocycles. The average molecular weight is 485 g/mol. The van der Waals surface area contributed by atoms with Crippen LogP contribution in [0.4, 0.5) is 0 Å². The van der Waals surface area contributed by atoms with Crippen LogP contribution in [0.5, 0.6) is 5.75 Å². The summed E-state index contributed by atoms with van der Waals surface area (Å²) in [6.45, 7) is 6.86. The lowest BCUT2D eigenvalue weighted by Crippen LogP contribution is -2.38. The van der Waals surface area contributed by atoms with Crippen molar-refractivity contribution in [1.82, 2.24) is 20.2 Å². The number of hydrogen-bond acceptors (Lipinski definition) is 3. The quantitative estimate of drug-likeness (QED) is 0.248. The fourth-order valence-corrected chi connectivity index (χ4v) is 2.89. The Morgan fingerprint density at radius 1 is 1.19 bits per heavy atom. The number of hydrogen-bond donors (Lipinski definition) is 2. The molecular formula is C20H32IN5O. The summed E-state index contributed by atoms with van der Waals surface area (Å²) in [5, 5.41) is 6.74. The number of unbranched alkanes of at least 4 members (excludes halogenated alkanes) is 1. The second-order valence-corrected chi connectivity index (χ2v) is 6.37. The summed E-state index contributed by atoms with van der Waals surface area (Å²) < 4.78 is 7.62. The third-order valence-corrected chi connectivity index (χ3v) is 4.39. The maximum Gasteiger partial charge on any atom is 0.190 e. The molecule has 0 aliphatic heterocycles. The lowest BCUT2D eigenvalue weighted by atomic mass is 10.1. The zero-order chi connectivity index (χ0) is 18.8. The first-order chi connectivity index (χ1) is 12.6. The summed E-state index contributed by atoms with van der Waals surface area (Å²) in [5.74, 6) is 2.85. The van der Waals surface area contributed by atoms with E-state index in [2.05, 4.69) is 44.2 Å². The SMILES string of the molecule is CN=C(NCCCCn1ccnc1C)NCCc1cc(C)ccc1OC.I. The predicted octanol–water partition coefficient (Wildman–Crippen LogP) is 3.31. The molecule has 6 nitrogen and oxygen atoms in total. The van der Waals surface area contributed by atoms with Crippen LogP contribution >= 0.6 is 24.0 Å². The Morgan fingerprint density at radius 3 is 2.63 bits per heavy atom. The molecule has 150 valence electrons. The summed E-state index contributed by atoms with van der Waals surface area (Å²) in [6.07, 6.45) is 6.97. The van der Waals surface area contributed by atoms with Crippen molar-refractivity contribution in [3.05, 3.63) is 47.5 Å². The fraction of sp³-hybridized carbons (Fsp3) is 0.500. The van der Waals surface area contributed by atoms with E-state index in [1.807, 2.05) is 25.4 Å². The molecule has 0 unspecified atom stereocenters. The number of imidazole rings is 1. The Bertz CT molecular complexity index is 714. The van der Waals surface area contributed by atoms with Gasteiger partial charge in [-0.1, -0.05) is 17.7 Å². The van der Waals surface area contributed by atoms with Crippen molar-refractivity contribution in [2.45, 2.75) is 39.7 Å². The number of nitrogens with one attached hydrogen (secondary N) is 2. The number of aromatic nitrogens is 2. The van der Waals surface area contributed by atoms with Crippen molar-refractivity contribution in [3.8, 4) is 5.75 Å². The molecule has 0 fully saturated rings. The van der Waals surface area contributed by atoms with Crippen LogP contribution in [0.15, 0.2) is 35.6 Å². The first-order valence-corrected chi connectivity index (χ1v) is 9.20. The molecule has 0 saturated carbocycles. The second-order valence-electron chi connectivity index (χ2n) is 6.37. The van der Waals surface area contributed by atoms with Gasteiger partial charge in [0.05, 0.1) is 7.11 Å². The lowest BCUT2D eigenvalue weighted by Gasteiger charge is -2.13. The number of halogens is 1. The first-order valence-electron chi connectivity index (χ1n) is 9.20. The lowest BCUT2D eigenvalue weighted by molar-refractivity contribution is 0.409. The number of aliphatic imine (C=N–C) groups is 1. The van der Waals surface area contributed by atoms with Crippen LogP contribution in [0.25, 0.3) is 0 Å². The molecule has 2 aromatic rings. The second kappa shape index (κ2) is 12.6. The van der Waals surface area contributed by atoms with Crippen molar-refractivity contribution in [1.29, 1.82) is 0 Å². The number of ether oxygens (including phenoxy) is 1. The molecule has 0 aliphatic carbocycles. The van der Waals surface area contributed by atoms with E-state index in [0.29, 0.717) is 0 Å². The number of aryl methyl sites for hydroxylation is 3. The molecule has 0 saturated heterocycles. The highest BCUT2D eigenvalue weighted by Crippen LogP contribution is 2.19. The summed E-state index contributed by atoms with van der Waals surface area (Å²) in [5.41, 5.74) is 2.46. The molecule has 1 heterocycles. The van der Waals surface area contributed by atoms with Crippen molar-refractivity contribution < 1.29 is 4.74 Å². The van der Waals surface area contributed by atoms with E-state index < -0.39 is 0 Å². The van der Waals surface area contributed by atoms with Gasteiger partial charge in [0.2, 0.25) is 0 Å². The van der Waals surface area contributed by atoms with E-state index in [9.17, 15) is 0 Å². The van der Waals surface area contributed by atoms with Gasteiger partial charge in [-0.05, 0) is 44.7 Å². The molecule has 0 spiro atoms. The van der Waals surface area contributed by atoms with Gasteiger partial charge in [0, 0.05) is 39.1 Å². The molecule has 0 bridgehead atoms. The van der Waals surface area contributed by atoms with E-state index in [1.165, 1.54) is 11.1 Å². The molecule has 2 rings (SSSR count). The van der Waals surface area contributed by atoms with Crippen LogP contribution in [-0.2, 0) is 13.0 Å². The Kier molecular flexibility index (Phi) is 10.8. The molecule has 0 radical (unpaired) electrons. The fourth-order valence-electron chi connectivity index (χ4n) is 2.89. The Balaban J connectivity index is 0.00000364. The molecule has 0 amide bonds. The van der Waals surface area contributed by atoms with Gasteiger partial charge in [0.1, 0.15) is 11.6 Å². The van der Waals surface area contributed by atoms with E-state index >= 15 is 0 Å². The zero-order valence-electron chi connectivity index (χ0n) is 16.8. The van der Waals surface area contributed by atoms with E-state index in [1.54, 1.807) is 14.2 Å². The van der Waals surface area contributed by atoms with Crippen molar-refractivity contribution in [3.63, 3.8) is 0 Å². The van der Waals surface area contributed by atoms with E-state index in [-0.39, 0.29) is 24.0 Å². The van der Waals surface area contributed by atoms with Crippen LogP contribution in [0.1, 0.15) is 29.8 Å². The van der Waals surface area contributed by atoms with E-state index in [4.69, 9.17) is 4.74 Å². The number of guanidine groups is 1. The largest absolute Gasteiger partial charge is 0.496 e. The zero-order valence-corrected chi connectivity index (χ0v) is 19.1. The van der Waals surface area contributed by atoms with Crippen LogP contribution < -0.4 is 15.4 Å². The maximum absolute atomic E-state index is 5.43. The predicted molar refractivity (Wildman–Crippen MR) is 122 cm³/mol. The highest BCUT2D eigenvalue weighted by atomic mass is 127. The third-order valence-electron chi connectivity index (χ3n) is 4.39. The van der Waals surface area contributed by atoms with Crippen LogP contribution in [0.2, 0.25) is 0 Å². The molecule has 1 aromatic carbocycles. The molecular weight excluding hydrogens is 453 g/mol. The Hall–Kier alpha value is -1.77. The maximum atomic E-state index is 5.43. The monoisotopic (exact) mass is 485 g/mol. The number of rotatable bonds is 9. The third kappa shape index (κ3) is 7.78. The summed E-state index contributed by atoms with van der Waals surface area (Å²) in [4.78, 5) is 8.53. The van der Waals surface area contributed by atoms with Crippen molar-refractivity contribution >= 4 is 29.9 Å². The Morgan fingerprint density at radius 2 is 1.96 bits per heavy atom. The summed E-state index contributed by atoms with van der Waals surface area (Å²) >= 11 is 0. The highest BCUT2D eigenvalue weighted by Gasteiger charge is 2.04. The van der Waals surface area contributed by atoms with Gasteiger partial charge in [-0.3, -0.25) is 4.99 Å². The van der Waals surface area contributed by atoms with Crippen molar-refractivity contribution in [2.75, 3.05) is 27.2 Å². The molecule has 2 N–H and O–H groups in total. The Labute approximate surface area is 179 Å². The minimum absolute atomic E-state index is 0. The summed E-state index contributed by atoms with van der Waals surface area (Å²) in [7, 11) is 3.52. The van der Waals surface area contributed by atoms with Crippen LogP contribution in [-0.4, -0.2) is 42.8 Å². The molecule has 27 heavy (non-hydrogen) atoms. The normalized spacial score (nSPS) is 11.0. The minimum atomic E-state index is 0. The van der Waals surface area contributed by atoms with Crippen LogP contribution in [0, 0.1) is 13.8 Å². The molecule has 7 heteroatoms. The van der Waals surface area contributed by atoms with Gasteiger partial charge in [-0.25, -0.2) is 4.98 Å². The van der Waals surface area contributed by atoms with Gasteiger partial charge < -0.3 is 19.9 Å². The van der Waals surface area contributed by atoms with E-state index in [0.717, 1.165) is 56.4 Å². The average Bonchev–Trinajstić information content (AvgIpc) is 3.05. The first kappa shape index (κ1) is 23.3. The highest BCUT2D eigenvalue weighted by molar-refractivity contribution is 14.0. The molecule has 0 aliphatic rings. The summed E-state index contributed by atoms with van der Waals surface area (Å²) in [6, 6.07) is 6.27. The van der Waals surface area contributed by atoms with Crippen molar-refractivity contribution in [2.24, 2.45) is 4.99 Å². The number of methoxy groups -OCH3 is 1. The van der Waals surface area contributed by atoms with Gasteiger partial charge >= 0.3 is 0 Å². The molecule has 0 atom stereocenters.